The maximum absolute atomic E-state index is 14.1. The van der Waals surface area contributed by atoms with Crippen molar-refractivity contribution in [3.63, 3.8) is 0 Å². The van der Waals surface area contributed by atoms with Crippen LogP contribution in [0.1, 0.15) is 33.4 Å². The van der Waals surface area contributed by atoms with Crippen LogP contribution in [0.4, 0.5) is 10.2 Å². The number of halogens is 3. The van der Waals surface area contributed by atoms with E-state index in [-0.39, 0.29) is 32.9 Å². The van der Waals surface area contributed by atoms with E-state index in [1.165, 1.54) is 23.0 Å². The van der Waals surface area contributed by atoms with Crippen LogP contribution >= 0.6 is 23.2 Å². The Labute approximate surface area is 185 Å². The van der Waals surface area contributed by atoms with E-state index in [9.17, 15) is 12.8 Å². The second-order valence-corrected chi connectivity index (χ2v) is 9.72. The van der Waals surface area contributed by atoms with E-state index in [4.69, 9.17) is 23.2 Å². The molecule has 0 saturated carbocycles. The van der Waals surface area contributed by atoms with Gasteiger partial charge in [0.2, 0.25) is 0 Å². The fourth-order valence-electron chi connectivity index (χ4n) is 3.44. The highest BCUT2D eigenvalue weighted by molar-refractivity contribution is 7.92. The summed E-state index contributed by atoms with van der Waals surface area (Å²) in [4.78, 5) is 0.214. The summed E-state index contributed by atoms with van der Waals surface area (Å²) in [5, 5.41) is 4.54. The standard InChI is InChI=1S/C21H22Cl2FN3O2S/c1-11-12(2)14(4)20(15(5)13(11)3)30(28,29)26-21-18(23)10-27(25-21)9-16-17(22)7-6-8-19(16)24/h6-8,10H,9H2,1-5H3,(H,25,26). The first-order valence-electron chi connectivity index (χ1n) is 9.19. The van der Waals surface area contributed by atoms with Gasteiger partial charge in [0.25, 0.3) is 10.0 Å². The van der Waals surface area contributed by atoms with Gasteiger partial charge in [-0.15, -0.1) is 0 Å². The fourth-order valence-corrected chi connectivity index (χ4v) is 5.54. The van der Waals surface area contributed by atoms with E-state index in [0.717, 1.165) is 16.7 Å². The Balaban J connectivity index is 1.98. The van der Waals surface area contributed by atoms with Gasteiger partial charge >= 0.3 is 0 Å². The molecule has 0 spiro atoms. The Bertz CT molecular complexity index is 1200. The van der Waals surface area contributed by atoms with Crippen LogP contribution in [0.25, 0.3) is 0 Å². The molecule has 0 atom stereocenters. The van der Waals surface area contributed by atoms with Crippen molar-refractivity contribution in [1.82, 2.24) is 9.78 Å². The summed E-state index contributed by atoms with van der Waals surface area (Å²) in [6, 6.07) is 4.37. The number of benzene rings is 2. The van der Waals surface area contributed by atoms with Crippen LogP contribution in [-0.2, 0) is 16.6 Å². The molecule has 0 aliphatic carbocycles. The van der Waals surface area contributed by atoms with E-state index in [1.54, 1.807) is 19.9 Å². The van der Waals surface area contributed by atoms with Crippen LogP contribution < -0.4 is 4.72 Å². The second kappa shape index (κ2) is 8.21. The lowest BCUT2D eigenvalue weighted by atomic mass is 9.95. The van der Waals surface area contributed by atoms with Gasteiger partial charge in [0.1, 0.15) is 10.8 Å². The first-order valence-corrected chi connectivity index (χ1v) is 11.4. The van der Waals surface area contributed by atoms with Crippen LogP contribution in [-0.4, -0.2) is 18.2 Å². The molecule has 0 aliphatic rings. The molecule has 0 radical (unpaired) electrons. The highest BCUT2D eigenvalue weighted by Crippen LogP contribution is 2.32. The maximum atomic E-state index is 14.1. The van der Waals surface area contributed by atoms with Gasteiger partial charge in [-0.2, -0.15) is 5.10 Å². The monoisotopic (exact) mass is 469 g/mol. The van der Waals surface area contributed by atoms with Gasteiger partial charge in [-0.1, -0.05) is 29.3 Å². The molecule has 160 valence electrons. The molecule has 0 unspecified atom stereocenters. The summed E-state index contributed by atoms with van der Waals surface area (Å²) in [5.74, 6) is -0.507. The SMILES string of the molecule is Cc1c(C)c(C)c(S(=O)(=O)Nc2nn(Cc3c(F)cccc3Cl)cc2Cl)c(C)c1C. The lowest BCUT2D eigenvalue weighted by molar-refractivity contribution is 0.585. The summed E-state index contributed by atoms with van der Waals surface area (Å²) >= 11 is 12.3. The largest absolute Gasteiger partial charge is 0.264 e. The van der Waals surface area contributed by atoms with Crippen molar-refractivity contribution in [3.8, 4) is 0 Å². The highest BCUT2D eigenvalue weighted by atomic mass is 35.5. The molecule has 3 aromatic rings. The molecule has 0 amide bonds. The number of nitrogens with zero attached hydrogens (tertiary/aromatic N) is 2. The summed E-state index contributed by atoms with van der Waals surface area (Å²) in [6.07, 6.45) is 1.42. The third-order valence-corrected chi connectivity index (χ3v) is 7.77. The van der Waals surface area contributed by atoms with Crippen LogP contribution in [0, 0.1) is 40.4 Å². The quantitative estimate of drug-likeness (QED) is 0.519. The first kappa shape index (κ1) is 22.6. The Morgan fingerprint density at radius 1 is 0.967 bits per heavy atom. The smallest absolute Gasteiger partial charge is 0.263 e. The second-order valence-electron chi connectivity index (χ2n) is 7.28. The minimum atomic E-state index is -3.95. The number of rotatable bonds is 5. The molecule has 0 saturated heterocycles. The molecule has 5 nitrogen and oxygen atoms in total. The molecule has 1 N–H and O–H groups in total. The normalized spacial score (nSPS) is 11.7. The Kier molecular flexibility index (Phi) is 6.18. The topological polar surface area (TPSA) is 64.0 Å². The van der Waals surface area contributed by atoms with Crippen molar-refractivity contribution in [2.24, 2.45) is 0 Å². The van der Waals surface area contributed by atoms with E-state index in [1.807, 2.05) is 20.8 Å². The third-order valence-electron chi connectivity index (χ3n) is 5.53. The number of aromatic nitrogens is 2. The molecular formula is C21H22Cl2FN3O2S. The third kappa shape index (κ3) is 4.06. The minimum Gasteiger partial charge on any atom is -0.264 e. The Morgan fingerprint density at radius 3 is 2.10 bits per heavy atom. The van der Waals surface area contributed by atoms with Crippen molar-refractivity contribution < 1.29 is 12.8 Å². The molecular weight excluding hydrogens is 448 g/mol. The van der Waals surface area contributed by atoms with Crippen molar-refractivity contribution in [3.05, 3.63) is 73.6 Å². The van der Waals surface area contributed by atoms with Gasteiger partial charge in [-0.25, -0.2) is 12.8 Å². The van der Waals surface area contributed by atoms with Gasteiger partial charge in [0.05, 0.1) is 11.4 Å². The molecule has 1 aromatic heterocycles. The fraction of sp³-hybridized carbons (Fsp3) is 0.286. The van der Waals surface area contributed by atoms with Crippen LogP contribution in [0.2, 0.25) is 10.0 Å². The minimum absolute atomic E-state index is 0.00770. The van der Waals surface area contributed by atoms with Gasteiger partial charge in [0, 0.05) is 16.8 Å². The average molecular weight is 470 g/mol. The lowest BCUT2D eigenvalue weighted by Gasteiger charge is -2.18. The first-order chi connectivity index (χ1) is 13.9. The highest BCUT2D eigenvalue weighted by Gasteiger charge is 2.25. The zero-order valence-electron chi connectivity index (χ0n) is 17.3. The van der Waals surface area contributed by atoms with Crippen LogP contribution in [0.3, 0.4) is 0 Å². The van der Waals surface area contributed by atoms with Crippen LogP contribution in [0.5, 0.6) is 0 Å². The van der Waals surface area contributed by atoms with Crippen LogP contribution in [0.15, 0.2) is 29.3 Å². The van der Waals surface area contributed by atoms with Gasteiger partial charge in [-0.3, -0.25) is 9.40 Å². The number of anilines is 1. The number of hydrogen-bond acceptors (Lipinski definition) is 3. The van der Waals surface area contributed by atoms with Gasteiger partial charge in [-0.05, 0) is 74.6 Å². The van der Waals surface area contributed by atoms with Gasteiger partial charge < -0.3 is 0 Å². The van der Waals surface area contributed by atoms with E-state index in [0.29, 0.717) is 11.1 Å². The molecule has 2 aromatic carbocycles. The number of hydrogen-bond donors (Lipinski definition) is 1. The van der Waals surface area contributed by atoms with E-state index in [2.05, 4.69) is 9.82 Å². The average Bonchev–Trinajstić information content (AvgIpc) is 3.00. The summed E-state index contributed by atoms with van der Waals surface area (Å²) in [6.45, 7) is 9.34. The van der Waals surface area contributed by atoms with Crippen molar-refractivity contribution in [1.29, 1.82) is 0 Å². The zero-order valence-corrected chi connectivity index (χ0v) is 19.6. The van der Waals surface area contributed by atoms with Gasteiger partial charge in [0.15, 0.2) is 5.82 Å². The maximum Gasteiger partial charge on any atom is 0.263 e. The molecule has 3 rings (SSSR count). The Hall–Kier alpha value is -2.09. The Morgan fingerprint density at radius 2 is 1.53 bits per heavy atom. The lowest BCUT2D eigenvalue weighted by Crippen LogP contribution is -2.18. The number of sulfonamides is 1. The summed E-state index contributed by atoms with van der Waals surface area (Å²) < 4.78 is 44.3. The molecule has 1 heterocycles. The van der Waals surface area contributed by atoms with Crippen molar-refractivity contribution in [2.45, 2.75) is 46.1 Å². The van der Waals surface area contributed by atoms with Crippen molar-refractivity contribution in [2.75, 3.05) is 4.72 Å². The van der Waals surface area contributed by atoms with E-state index < -0.39 is 15.8 Å². The van der Waals surface area contributed by atoms with E-state index >= 15 is 0 Å². The predicted octanol–water partition coefficient (Wildman–Crippen LogP) is 5.72. The molecule has 0 aliphatic heterocycles. The number of nitrogens with one attached hydrogen (secondary N) is 1. The molecule has 0 fully saturated rings. The molecule has 9 heteroatoms. The molecule has 0 bridgehead atoms. The predicted molar refractivity (Wildman–Crippen MR) is 119 cm³/mol. The summed E-state index contributed by atoms with van der Waals surface area (Å²) in [5.41, 5.74) is 4.50. The van der Waals surface area contributed by atoms with Crippen molar-refractivity contribution >= 4 is 39.0 Å². The summed E-state index contributed by atoms with van der Waals surface area (Å²) in [7, 11) is -3.95. The molecule has 30 heavy (non-hydrogen) atoms. The zero-order chi connectivity index (χ0) is 22.4.